The average molecular weight is 309 g/mol. The Balaban J connectivity index is 2.61. The van der Waals surface area contributed by atoms with Gasteiger partial charge in [-0.2, -0.15) is 0 Å². The maximum absolute atomic E-state index is 7.67. The molecule has 0 fully saturated rings. The Hall–Kier alpha value is -2.47. The average Bonchev–Trinajstić information content (AvgIpc) is 2.56. The van der Waals surface area contributed by atoms with Gasteiger partial charge in [0.15, 0.2) is 0 Å². The fourth-order valence-corrected chi connectivity index (χ4v) is 2.69. The second kappa shape index (κ2) is 7.19. The van der Waals surface area contributed by atoms with Crippen molar-refractivity contribution in [3.05, 3.63) is 70.1 Å². The van der Waals surface area contributed by atoms with Crippen LogP contribution in [-0.4, -0.2) is 14.2 Å². The molecule has 0 heterocycles. The first-order chi connectivity index (χ1) is 11.0. The Kier molecular flexibility index (Phi) is 5.28. The Labute approximate surface area is 138 Å². The minimum Gasteiger partial charge on any atom is -0.496 e. The lowest BCUT2D eigenvalue weighted by molar-refractivity contribution is 0.386. The highest BCUT2D eigenvalue weighted by atomic mass is 16.5. The van der Waals surface area contributed by atoms with E-state index in [0.717, 1.165) is 22.4 Å². The number of ether oxygens (including phenoxy) is 2. The van der Waals surface area contributed by atoms with Crippen molar-refractivity contribution in [1.82, 2.24) is 0 Å². The molecule has 0 spiro atoms. The quantitative estimate of drug-likeness (QED) is 0.713. The molecule has 2 aromatic carbocycles. The summed E-state index contributed by atoms with van der Waals surface area (Å²) in [6, 6.07) is 11.6. The number of methoxy groups -OCH3 is 2. The number of nitrogens with zero attached hydrogens (tertiary/aromatic N) is 1. The Morgan fingerprint density at radius 1 is 0.913 bits per heavy atom. The maximum atomic E-state index is 7.67. The van der Waals surface area contributed by atoms with E-state index in [4.69, 9.17) is 16.0 Å². The van der Waals surface area contributed by atoms with Gasteiger partial charge in [-0.1, -0.05) is 43.7 Å². The highest BCUT2D eigenvalue weighted by Crippen LogP contribution is 2.39. The molecule has 2 aromatic rings. The van der Waals surface area contributed by atoms with E-state index in [-0.39, 0.29) is 6.04 Å². The van der Waals surface area contributed by atoms with E-state index in [9.17, 15) is 0 Å². The Bertz CT molecular complexity index is 712. The summed E-state index contributed by atoms with van der Waals surface area (Å²) in [5.41, 5.74) is 4.13. The highest BCUT2D eigenvalue weighted by molar-refractivity contribution is 5.52. The van der Waals surface area contributed by atoms with Gasteiger partial charge in [-0.3, -0.25) is 0 Å². The third kappa shape index (κ3) is 3.48. The number of hydrogen-bond acceptors (Lipinski definition) is 2. The van der Waals surface area contributed by atoms with Crippen molar-refractivity contribution in [2.45, 2.75) is 32.7 Å². The van der Waals surface area contributed by atoms with Crippen LogP contribution in [0.1, 0.15) is 48.1 Å². The second-order valence-electron chi connectivity index (χ2n) is 5.93. The molecular formula is C20H23NO2. The van der Waals surface area contributed by atoms with Gasteiger partial charge in [0, 0.05) is 11.6 Å². The van der Waals surface area contributed by atoms with Gasteiger partial charge in [-0.05, 0) is 24.5 Å². The molecule has 0 aromatic heterocycles. The molecule has 120 valence electrons. The number of benzene rings is 2. The third-order valence-corrected chi connectivity index (χ3v) is 4.02. The minimum atomic E-state index is -0.381. The van der Waals surface area contributed by atoms with Gasteiger partial charge >= 0.3 is 0 Å². The first-order valence-corrected chi connectivity index (χ1v) is 7.70. The van der Waals surface area contributed by atoms with E-state index < -0.39 is 0 Å². The molecule has 0 N–H and O–H groups in total. The molecule has 1 unspecified atom stereocenters. The summed E-state index contributed by atoms with van der Waals surface area (Å²) >= 11 is 0. The van der Waals surface area contributed by atoms with Gasteiger partial charge in [0.1, 0.15) is 11.5 Å². The molecule has 0 bridgehead atoms. The molecule has 2 rings (SSSR count). The van der Waals surface area contributed by atoms with E-state index in [1.165, 1.54) is 5.56 Å². The van der Waals surface area contributed by atoms with Crippen molar-refractivity contribution >= 4 is 0 Å². The van der Waals surface area contributed by atoms with Crippen LogP contribution in [0, 0.1) is 13.5 Å². The molecule has 0 aliphatic rings. The van der Waals surface area contributed by atoms with E-state index in [2.05, 4.69) is 18.7 Å². The fourth-order valence-electron chi connectivity index (χ4n) is 2.69. The topological polar surface area (TPSA) is 22.8 Å². The van der Waals surface area contributed by atoms with E-state index in [1.807, 2.05) is 43.3 Å². The smallest absolute Gasteiger partial charge is 0.277 e. The highest BCUT2D eigenvalue weighted by Gasteiger charge is 2.25. The van der Waals surface area contributed by atoms with Crippen LogP contribution in [0.2, 0.25) is 0 Å². The van der Waals surface area contributed by atoms with Crippen molar-refractivity contribution in [2.75, 3.05) is 14.2 Å². The van der Waals surface area contributed by atoms with Crippen molar-refractivity contribution in [2.24, 2.45) is 0 Å². The summed E-state index contributed by atoms with van der Waals surface area (Å²) in [6.45, 7) is 14.0. The summed E-state index contributed by atoms with van der Waals surface area (Å²) in [6.07, 6.45) is 0. The molecule has 3 nitrogen and oxygen atoms in total. The first-order valence-electron chi connectivity index (χ1n) is 7.70. The lowest BCUT2D eigenvalue weighted by Gasteiger charge is -2.18. The summed E-state index contributed by atoms with van der Waals surface area (Å²) in [7, 11) is 3.29. The van der Waals surface area contributed by atoms with E-state index in [0.29, 0.717) is 11.7 Å². The van der Waals surface area contributed by atoms with Gasteiger partial charge in [0.25, 0.3) is 6.04 Å². The van der Waals surface area contributed by atoms with Gasteiger partial charge in [-0.15, -0.1) is 0 Å². The lowest BCUT2D eigenvalue weighted by atomic mass is 9.92. The molecular weight excluding hydrogens is 286 g/mol. The number of rotatable bonds is 5. The van der Waals surface area contributed by atoms with Crippen LogP contribution in [0.4, 0.5) is 0 Å². The Morgan fingerprint density at radius 3 is 1.96 bits per heavy atom. The number of hydrogen-bond donors (Lipinski definition) is 0. The molecule has 0 saturated heterocycles. The zero-order valence-electron chi connectivity index (χ0n) is 14.4. The zero-order chi connectivity index (χ0) is 17.0. The van der Waals surface area contributed by atoms with Crippen LogP contribution >= 0.6 is 0 Å². The lowest BCUT2D eigenvalue weighted by Crippen LogP contribution is -2.04. The second-order valence-corrected chi connectivity index (χ2v) is 5.93. The summed E-state index contributed by atoms with van der Waals surface area (Å²) < 4.78 is 11.0. The summed E-state index contributed by atoms with van der Waals surface area (Å²) in [4.78, 5) is 3.85. The van der Waals surface area contributed by atoms with Crippen molar-refractivity contribution in [3.8, 4) is 11.5 Å². The van der Waals surface area contributed by atoms with Crippen LogP contribution in [0.15, 0.2) is 36.4 Å². The summed E-state index contributed by atoms with van der Waals surface area (Å²) in [5.74, 6) is 1.79. The van der Waals surface area contributed by atoms with Crippen LogP contribution in [0.5, 0.6) is 11.5 Å². The molecule has 0 aliphatic carbocycles. The monoisotopic (exact) mass is 309 g/mol. The van der Waals surface area contributed by atoms with Crippen molar-refractivity contribution in [3.63, 3.8) is 0 Å². The van der Waals surface area contributed by atoms with Gasteiger partial charge in [0.2, 0.25) is 0 Å². The molecule has 0 radical (unpaired) electrons. The molecule has 0 aliphatic heterocycles. The molecule has 0 amide bonds. The standard InChI is InChI=1S/C20H23NO2/c1-13(2)16-11-17(19(23-6)12-18(16)22-5)20(21-4)15-9-7-14(3)8-10-15/h7-13,20H,1-3,5-6H3. The van der Waals surface area contributed by atoms with E-state index >= 15 is 0 Å². The Morgan fingerprint density at radius 2 is 1.48 bits per heavy atom. The maximum Gasteiger partial charge on any atom is 0.277 e. The summed E-state index contributed by atoms with van der Waals surface area (Å²) in [5, 5.41) is 0. The van der Waals surface area contributed by atoms with Crippen molar-refractivity contribution < 1.29 is 9.47 Å². The fraction of sp³-hybridized carbons (Fsp3) is 0.350. The SMILES string of the molecule is [C-]#[N+]C(c1ccc(C)cc1)c1cc(C(C)C)c(OC)cc1OC. The van der Waals surface area contributed by atoms with Crippen LogP contribution in [0.25, 0.3) is 4.85 Å². The van der Waals surface area contributed by atoms with Crippen LogP contribution in [0.3, 0.4) is 0 Å². The van der Waals surface area contributed by atoms with Crippen LogP contribution < -0.4 is 9.47 Å². The predicted molar refractivity (Wildman–Crippen MR) is 93.3 cm³/mol. The van der Waals surface area contributed by atoms with Crippen LogP contribution in [-0.2, 0) is 0 Å². The van der Waals surface area contributed by atoms with Gasteiger partial charge in [0.05, 0.1) is 19.8 Å². The zero-order valence-corrected chi connectivity index (χ0v) is 14.4. The predicted octanol–water partition coefficient (Wildman–Crippen LogP) is 5.14. The van der Waals surface area contributed by atoms with Gasteiger partial charge < -0.3 is 14.3 Å². The normalized spacial score (nSPS) is 11.9. The minimum absolute atomic E-state index is 0.305. The van der Waals surface area contributed by atoms with Gasteiger partial charge in [-0.25, -0.2) is 6.57 Å². The number of aryl methyl sites for hydroxylation is 1. The third-order valence-electron chi connectivity index (χ3n) is 4.02. The first kappa shape index (κ1) is 16.9. The van der Waals surface area contributed by atoms with E-state index in [1.54, 1.807) is 14.2 Å². The molecule has 3 heteroatoms. The largest absolute Gasteiger partial charge is 0.496 e. The molecule has 1 atom stereocenters. The molecule has 23 heavy (non-hydrogen) atoms. The van der Waals surface area contributed by atoms with Crippen molar-refractivity contribution in [1.29, 1.82) is 0 Å². The molecule has 0 saturated carbocycles.